The monoisotopic (exact) mass is 975 g/mol. The predicted molar refractivity (Wildman–Crippen MR) is 231 cm³/mol. The number of aromatic nitrogens is 8. The maximum Gasteiger partial charge on any atom is 0.697 e. The van der Waals surface area contributed by atoms with Gasteiger partial charge in [0.25, 0.3) is 11.8 Å². The topological polar surface area (TPSA) is 321 Å². The molecule has 6 heterocycles. The van der Waals surface area contributed by atoms with E-state index in [1.54, 1.807) is 60.7 Å². The van der Waals surface area contributed by atoms with Crippen LogP contribution in [0.25, 0.3) is 22.3 Å². The van der Waals surface area contributed by atoms with E-state index in [-0.39, 0.29) is 60.0 Å². The number of ether oxygens (including phenoxy) is 2. The third kappa shape index (κ3) is 10.4. The number of anilines is 2. The van der Waals surface area contributed by atoms with Crippen molar-refractivity contribution in [2.45, 2.75) is 62.1 Å². The molecule has 0 radical (unpaired) electrons. The average Bonchev–Trinajstić information content (AvgIpc) is 4.13. The molecule has 2 saturated heterocycles. The number of nitrogens with zero attached hydrogens (tertiary/aromatic N) is 10. The highest BCUT2D eigenvalue weighted by Crippen LogP contribution is 2.50. The molecule has 4 aromatic heterocycles. The number of carbonyl (C=O) groups is 2. The van der Waals surface area contributed by atoms with E-state index in [4.69, 9.17) is 38.6 Å². The molecular formula is C40H39F2N14O10P2+. The molecule has 8 rings (SSSR count). The zero-order valence-electron chi connectivity index (χ0n) is 35.2. The summed E-state index contributed by atoms with van der Waals surface area (Å²) in [4.78, 5) is 51.2. The number of alkyl halides is 2. The van der Waals surface area contributed by atoms with Gasteiger partial charge in [-0.05, 0) is 24.3 Å². The molecule has 352 valence electrons. The number of nitriles is 2. The fourth-order valence-corrected chi connectivity index (χ4v) is 9.51. The molecule has 2 aromatic carbocycles. The van der Waals surface area contributed by atoms with Gasteiger partial charge in [0.2, 0.25) is 0 Å². The fraction of sp³-hybridized carbons (Fsp3) is 0.350. The first-order valence-corrected chi connectivity index (χ1v) is 23.2. The van der Waals surface area contributed by atoms with Crippen molar-refractivity contribution in [3.05, 3.63) is 97.1 Å². The van der Waals surface area contributed by atoms with E-state index in [9.17, 15) is 24.0 Å². The van der Waals surface area contributed by atoms with Gasteiger partial charge in [0.05, 0.1) is 44.2 Å². The van der Waals surface area contributed by atoms with E-state index in [2.05, 4.69) is 45.6 Å². The Morgan fingerprint density at radius 2 is 1.28 bits per heavy atom. The molecule has 2 aliphatic rings. The molecule has 0 spiro atoms. The van der Waals surface area contributed by atoms with Crippen LogP contribution in [0.1, 0.15) is 46.0 Å². The summed E-state index contributed by atoms with van der Waals surface area (Å²) in [6, 6.07) is 20.2. The number of halogens is 2. The second kappa shape index (κ2) is 21.5. The Morgan fingerprint density at radius 3 is 1.81 bits per heavy atom. The van der Waals surface area contributed by atoms with Crippen LogP contribution in [-0.4, -0.2) is 114 Å². The SMILES string of the molecule is N#CCCO[P+](=O)O[C@H]1[C@@H](F)[C@H](n2cnc3c(NC(=O)c4ccccc4)ncnc32)O[C@@H]1CNP(=O)(OCCC#N)O[C@H]1[C@@H](F)[C@H](n2cnc3c(NC(=O)c4ccccc4)ncnc32)O[C@@H]1CN. The molecule has 2 fully saturated rings. The number of nitrogens with one attached hydrogen (secondary N) is 3. The molecule has 28 heteroatoms. The number of rotatable bonds is 20. The van der Waals surface area contributed by atoms with Crippen LogP contribution in [0.3, 0.4) is 0 Å². The lowest BCUT2D eigenvalue weighted by molar-refractivity contribution is -0.0213. The maximum atomic E-state index is 16.8. The normalized spacial score (nSPS) is 23.5. The third-order valence-corrected chi connectivity index (χ3v) is 12.8. The van der Waals surface area contributed by atoms with Crippen LogP contribution in [0, 0.1) is 22.7 Å². The molecule has 24 nitrogen and oxygen atoms in total. The summed E-state index contributed by atoms with van der Waals surface area (Å²) in [5.41, 5.74) is 6.89. The highest BCUT2D eigenvalue weighted by Gasteiger charge is 2.54. The van der Waals surface area contributed by atoms with Crippen molar-refractivity contribution in [1.29, 1.82) is 10.5 Å². The van der Waals surface area contributed by atoms with Crippen LogP contribution < -0.4 is 21.5 Å². The minimum Gasteiger partial charge on any atom is -0.347 e. The first kappa shape index (κ1) is 47.8. The number of imidazole rings is 2. The summed E-state index contributed by atoms with van der Waals surface area (Å²) in [5, 5.41) is 26.1. The third-order valence-electron chi connectivity index (χ3n) is 10.4. The fourth-order valence-electron chi connectivity index (χ4n) is 7.22. The number of hydrogen-bond acceptors (Lipinski definition) is 19. The Bertz CT molecular complexity index is 2910. The zero-order chi connectivity index (χ0) is 47.8. The second-order valence-electron chi connectivity index (χ2n) is 14.7. The summed E-state index contributed by atoms with van der Waals surface area (Å²) in [6.07, 6.45) is -9.49. The van der Waals surface area contributed by atoms with E-state index in [1.807, 2.05) is 12.1 Å². The Kier molecular flexibility index (Phi) is 15.1. The maximum absolute atomic E-state index is 16.8. The van der Waals surface area contributed by atoms with Crippen LogP contribution in [0.2, 0.25) is 0 Å². The van der Waals surface area contributed by atoms with Gasteiger partial charge < -0.3 is 25.8 Å². The summed E-state index contributed by atoms with van der Waals surface area (Å²) in [6.45, 7) is -1.80. The van der Waals surface area contributed by atoms with Gasteiger partial charge in [-0.15, -0.1) is 9.05 Å². The lowest BCUT2D eigenvalue weighted by atomic mass is 10.1. The van der Waals surface area contributed by atoms with Gasteiger partial charge in [-0.1, -0.05) is 36.4 Å². The van der Waals surface area contributed by atoms with Crippen molar-refractivity contribution in [3.8, 4) is 12.1 Å². The molecule has 6 aromatic rings. The van der Waals surface area contributed by atoms with Crippen molar-refractivity contribution < 1.29 is 55.1 Å². The molecule has 2 amide bonds. The predicted octanol–water partition coefficient (Wildman–Crippen LogP) is 4.59. The smallest absolute Gasteiger partial charge is 0.347 e. The van der Waals surface area contributed by atoms with Crippen LogP contribution >= 0.6 is 16.0 Å². The van der Waals surface area contributed by atoms with Crippen LogP contribution in [0.4, 0.5) is 20.4 Å². The Balaban J connectivity index is 1.02. The van der Waals surface area contributed by atoms with Crippen LogP contribution in [0.15, 0.2) is 86.0 Å². The van der Waals surface area contributed by atoms with Crippen molar-refractivity contribution in [2.75, 3.05) is 36.9 Å². The van der Waals surface area contributed by atoms with Gasteiger partial charge in [-0.2, -0.15) is 10.5 Å². The van der Waals surface area contributed by atoms with Gasteiger partial charge in [0, 0.05) is 28.8 Å². The molecule has 0 aliphatic carbocycles. The lowest BCUT2D eigenvalue weighted by Gasteiger charge is -2.26. The molecule has 2 aliphatic heterocycles. The molecule has 0 saturated carbocycles. The van der Waals surface area contributed by atoms with Crippen LogP contribution in [0.5, 0.6) is 0 Å². The molecule has 2 unspecified atom stereocenters. The summed E-state index contributed by atoms with van der Waals surface area (Å²) in [7, 11) is -7.83. The number of fused-ring (bicyclic) bond motifs is 2. The molecule has 5 N–H and O–H groups in total. The number of benzene rings is 2. The molecule has 10 atom stereocenters. The Labute approximate surface area is 384 Å². The lowest BCUT2D eigenvalue weighted by Crippen LogP contribution is -2.40. The first-order chi connectivity index (χ1) is 33.0. The standard InChI is InChI=1S/C40H38F2N14O10P2/c41-27-31(65-67(59)61-15-7-13-43)26(64-39(27)55-21-50-29-33(46-19-48-35(29)55)53-37(57)23-9-3-1-4-10-23)18-52-68(60,62-16-8-14-44)66-32-25(17-45)63-40(28(32)42)56-22-51-30-34(47-20-49-36(30)56)54-38(58)24-11-5-2-6-12-24/h1-6,9-12,19-22,25-28,31-32,39-40H,7-8,15-18,45H2,(H2-,46,47,48,49,52,53,54,57,58,60)/p+1/t25-,26-,27-,28-,31-,32-,39-,40-,68?/m1/s1. The number of hydrogen-bond donors (Lipinski definition) is 4. The van der Waals surface area contributed by atoms with Crippen molar-refractivity contribution in [1.82, 2.24) is 44.1 Å². The molecule has 0 bridgehead atoms. The van der Waals surface area contributed by atoms with E-state index >= 15 is 8.78 Å². The van der Waals surface area contributed by atoms with Crippen molar-refractivity contribution >= 4 is 61.8 Å². The zero-order valence-corrected chi connectivity index (χ0v) is 37.0. The van der Waals surface area contributed by atoms with Crippen LogP contribution in [-0.2, 0) is 36.7 Å². The van der Waals surface area contributed by atoms with E-state index < -0.39 is 90.2 Å². The summed E-state index contributed by atoms with van der Waals surface area (Å²) < 4.78 is 97.5. The van der Waals surface area contributed by atoms with E-state index in [0.717, 1.165) is 12.7 Å². The quantitative estimate of drug-likeness (QED) is 0.0600. The first-order valence-electron chi connectivity index (χ1n) is 20.6. The van der Waals surface area contributed by atoms with Gasteiger partial charge in [0.1, 0.15) is 37.6 Å². The van der Waals surface area contributed by atoms with Gasteiger partial charge >= 0.3 is 16.0 Å². The minimum atomic E-state index is -4.76. The molecular weight excluding hydrogens is 936 g/mol. The van der Waals surface area contributed by atoms with Crippen molar-refractivity contribution in [3.63, 3.8) is 0 Å². The van der Waals surface area contributed by atoms with Gasteiger partial charge in [-0.25, -0.2) is 48.3 Å². The highest BCUT2D eigenvalue weighted by molar-refractivity contribution is 7.51. The van der Waals surface area contributed by atoms with Gasteiger partial charge in [-0.3, -0.25) is 27.8 Å². The van der Waals surface area contributed by atoms with Gasteiger partial charge in [0.15, 0.2) is 64.9 Å². The van der Waals surface area contributed by atoms with E-state index in [0.29, 0.717) is 11.1 Å². The summed E-state index contributed by atoms with van der Waals surface area (Å²) >= 11 is 0. The molecule has 68 heavy (non-hydrogen) atoms. The number of carbonyl (C=O) groups excluding carboxylic acids is 2. The Hall–Kier alpha value is -6.67. The average molecular weight is 976 g/mol. The van der Waals surface area contributed by atoms with Crippen molar-refractivity contribution in [2.24, 2.45) is 5.73 Å². The number of nitrogens with two attached hydrogens (primary N) is 1. The summed E-state index contributed by atoms with van der Waals surface area (Å²) in [5.74, 6) is -0.975. The van der Waals surface area contributed by atoms with E-state index in [1.165, 1.54) is 21.8 Å². The second-order valence-corrected chi connectivity index (χ2v) is 17.4. The highest BCUT2D eigenvalue weighted by atomic mass is 31.2. The number of amides is 2. The Morgan fingerprint density at radius 1 is 0.765 bits per heavy atom. The largest absolute Gasteiger partial charge is 0.697 e. The minimum absolute atomic E-state index is 0.00439.